The van der Waals surface area contributed by atoms with Crippen LogP contribution in [0.4, 0.5) is 13.2 Å². The number of alkyl halides is 3. The van der Waals surface area contributed by atoms with E-state index >= 15 is 0 Å². The quantitative estimate of drug-likeness (QED) is 0.870. The molecule has 0 bridgehead atoms. The molecule has 2 N–H and O–H groups in total. The van der Waals surface area contributed by atoms with Crippen molar-refractivity contribution in [2.45, 2.75) is 44.8 Å². The van der Waals surface area contributed by atoms with Crippen molar-refractivity contribution in [2.75, 3.05) is 6.61 Å². The van der Waals surface area contributed by atoms with Crippen molar-refractivity contribution in [3.63, 3.8) is 0 Å². The summed E-state index contributed by atoms with van der Waals surface area (Å²) < 4.78 is 43.9. The van der Waals surface area contributed by atoms with Gasteiger partial charge in [0.05, 0.1) is 11.8 Å². The maximum atomic E-state index is 12.7. The monoisotopic (exact) mass is 352 g/mol. The fourth-order valence-electron chi connectivity index (χ4n) is 2.35. The molecule has 0 unspecified atom stereocenters. The summed E-state index contributed by atoms with van der Waals surface area (Å²) in [6.07, 6.45) is -0.659. The zero-order valence-electron chi connectivity index (χ0n) is 14.6. The molecule has 3 nitrogen and oxygen atoms in total. The van der Waals surface area contributed by atoms with Gasteiger partial charge >= 0.3 is 6.18 Å². The van der Waals surface area contributed by atoms with Crippen LogP contribution in [0.25, 0.3) is 0 Å². The number of rotatable bonds is 5. The minimum Gasteiger partial charge on any atom is -0.490 e. The summed E-state index contributed by atoms with van der Waals surface area (Å²) in [6.45, 7) is 6.43. The largest absolute Gasteiger partial charge is 0.490 e. The number of benzene rings is 1. The molecule has 1 atom stereocenters. The minimum absolute atomic E-state index is 0.0491. The smallest absolute Gasteiger partial charge is 0.416 e. The molecule has 0 aliphatic rings. The molecule has 0 amide bonds. The third kappa shape index (κ3) is 5.74. The summed E-state index contributed by atoms with van der Waals surface area (Å²) in [4.78, 5) is 4.16. The van der Waals surface area contributed by atoms with Crippen molar-refractivity contribution in [3.8, 4) is 5.75 Å². The van der Waals surface area contributed by atoms with Gasteiger partial charge in [-0.25, -0.2) is 0 Å². The minimum atomic E-state index is -4.35. The van der Waals surface area contributed by atoms with Crippen molar-refractivity contribution >= 4 is 0 Å². The van der Waals surface area contributed by atoms with Crippen LogP contribution in [0.2, 0.25) is 0 Å². The van der Waals surface area contributed by atoms with E-state index < -0.39 is 17.8 Å². The van der Waals surface area contributed by atoms with Crippen LogP contribution in [0.3, 0.4) is 0 Å². The van der Waals surface area contributed by atoms with Crippen LogP contribution in [0.15, 0.2) is 42.7 Å². The van der Waals surface area contributed by atoms with Gasteiger partial charge in [-0.1, -0.05) is 39.0 Å². The Balaban J connectivity index is 1.96. The Labute approximate surface area is 146 Å². The maximum absolute atomic E-state index is 12.7. The molecule has 0 aliphatic carbocycles. The van der Waals surface area contributed by atoms with Crippen LogP contribution in [0.1, 0.15) is 37.5 Å². The topological polar surface area (TPSA) is 48.1 Å². The normalized spacial score (nSPS) is 13.6. The first-order valence-electron chi connectivity index (χ1n) is 8.06. The highest BCUT2D eigenvalue weighted by Gasteiger charge is 2.30. The van der Waals surface area contributed by atoms with Gasteiger partial charge in [0.2, 0.25) is 0 Å². The van der Waals surface area contributed by atoms with Crippen LogP contribution in [0.5, 0.6) is 5.75 Å². The molecule has 0 saturated heterocycles. The van der Waals surface area contributed by atoms with E-state index in [1.165, 1.54) is 6.07 Å². The van der Waals surface area contributed by atoms with Gasteiger partial charge in [-0.05, 0) is 35.1 Å². The molecule has 0 radical (unpaired) electrons. The summed E-state index contributed by atoms with van der Waals surface area (Å²) in [5.74, 6) is 0.604. The van der Waals surface area contributed by atoms with Crippen molar-refractivity contribution in [3.05, 3.63) is 59.4 Å². The van der Waals surface area contributed by atoms with Crippen LogP contribution < -0.4 is 10.5 Å². The Hall–Kier alpha value is -2.08. The molecule has 25 heavy (non-hydrogen) atoms. The lowest BCUT2D eigenvalue weighted by molar-refractivity contribution is -0.137. The van der Waals surface area contributed by atoms with Crippen LogP contribution in [-0.2, 0) is 18.0 Å². The molecule has 0 saturated carbocycles. The van der Waals surface area contributed by atoms with E-state index in [0.29, 0.717) is 17.7 Å². The SMILES string of the molecule is CC(C)(C)c1cncc(OC[C@H](N)Cc2cccc(C(F)(F)F)c2)c1. The Morgan fingerprint density at radius 3 is 2.44 bits per heavy atom. The number of hydrogen-bond acceptors (Lipinski definition) is 3. The van der Waals surface area contributed by atoms with E-state index in [-0.39, 0.29) is 12.0 Å². The fourth-order valence-corrected chi connectivity index (χ4v) is 2.35. The first-order valence-corrected chi connectivity index (χ1v) is 8.06. The zero-order valence-corrected chi connectivity index (χ0v) is 14.6. The van der Waals surface area contributed by atoms with Gasteiger partial charge in [0.1, 0.15) is 12.4 Å². The number of ether oxygens (including phenoxy) is 1. The lowest BCUT2D eigenvalue weighted by atomic mass is 9.88. The van der Waals surface area contributed by atoms with Crippen LogP contribution in [-0.4, -0.2) is 17.6 Å². The molecule has 1 aromatic carbocycles. The van der Waals surface area contributed by atoms with E-state index in [1.54, 1.807) is 18.5 Å². The Morgan fingerprint density at radius 2 is 1.80 bits per heavy atom. The highest BCUT2D eigenvalue weighted by Crippen LogP contribution is 2.29. The molecule has 2 rings (SSSR count). The summed E-state index contributed by atoms with van der Waals surface area (Å²) in [5.41, 5.74) is 6.87. The first kappa shape index (κ1) is 19.2. The summed E-state index contributed by atoms with van der Waals surface area (Å²) in [7, 11) is 0. The van der Waals surface area contributed by atoms with Gasteiger partial charge in [-0.15, -0.1) is 0 Å². The number of halogens is 3. The first-order chi connectivity index (χ1) is 11.6. The predicted molar refractivity (Wildman–Crippen MR) is 91.6 cm³/mol. The third-order valence-electron chi connectivity index (χ3n) is 3.80. The second kappa shape index (κ2) is 7.44. The molecular weight excluding hydrogens is 329 g/mol. The Bertz CT molecular complexity index is 708. The van der Waals surface area contributed by atoms with Crippen molar-refractivity contribution in [1.82, 2.24) is 4.98 Å². The fraction of sp³-hybridized carbons (Fsp3) is 0.421. The second-order valence-electron chi connectivity index (χ2n) is 7.13. The zero-order chi connectivity index (χ0) is 18.7. The molecule has 136 valence electrons. The van der Waals surface area contributed by atoms with E-state index in [4.69, 9.17) is 10.5 Å². The number of aromatic nitrogens is 1. The summed E-state index contributed by atoms with van der Waals surface area (Å²) in [5, 5.41) is 0. The van der Waals surface area contributed by atoms with E-state index in [1.807, 2.05) is 6.07 Å². The highest BCUT2D eigenvalue weighted by atomic mass is 19.4. The Kier molecular flexibility index (Phi) is 5.72. The Morgan fingerprint density at radius 1 is 1.08 bits per heavy atom. The average Bonchev–Trinajstić information content (AvgIpc) is 2.52. The summed E-state index contributed by atoms with van der Waals surface area (Å²) >= 11 is 0. The van der Waals surface area contributed by atoms with Gasteiger partial charge in [0.25, 0.3) is 0 Å². The number of nitrogens with two attached hydrogens (primary N) is 1. The maximum Gasteiger partial charge on any atom is 0.416 e. The number of hydrogen-bond donors (Lipinski definition) is 1. The van der Waals surface area contributed by atoms with E-state index in [0.717, 1.165) is 17.7 Å². The predicted octanol–water partition coefficient (Wildman–Crippen LogP) is 4.35. The molecule has 6 heteroatoms. The van der Waals surface area contributed by atoms with Crippen molar-refractivity contribution in [2.24, 2.45) is 5.73 Å². The summed E-state index contributed by atoms with van der Waals surface area (Å²) in [6, 6.07) is 6.70. The van der Waals surface area contributed by atoms with Gasteiger partial charge in [-0.3, -0.25) is 4.98 Å². The number of nitrogens with zero attached hydrogens (tertiary/aromatic N) is 1. The standard InChI is InChI=1S/C19H23F3N2O/c1-18(2,3)15-9-17(11-24-10-15)25-12-16(23)8-13-5-4-6-14(7-13)19(20,21)22/h4-7,9-11,16H,8,12,23H2,1-3H3/t16-/m1/s1. The molecule has 0 aliphatic heterocycles. The van der Waals surface area contributed by atoms with E-state index in [2.05, 4.69) is 25.8 Å². The van der Waals surface area contributed by atoms with Gasteiger partial charge < -0.3 is 10.5 Å². The number of pyridine rings is 1. The molecular formula is C19H23F3N2O. The highest BCUT2D eigenvalue weighted by molar-refractivity contribution is 5.29. The van der Waals surface area contributed by atoms with Crippen LogP contribution in [0, 0.1) is 0 Å². The lowest BCUT2D eigenvalue weighted by Gasteiger charge is -2.20. The lowest BCUT2D eigenvalue weighted by Crippen LogP contribution is -2.30. The van der Waals surface area contributed by atoms with Crippen molar-refractivity contribution in [1.29, 1.82) is 0 Å². The third-order valence-corrected chi connectivity index (χ3v) is 3.80. The average molecular weight is 352 g/mol. The second-order valence-corrected chi connectivity index (χ2v) is 7.13. The van der Waals surface area contributed by atoms with E-state index in [9.17, 15) is 13.2 Å². The van der Waals surface area contributed by atoms with Gasteiger partial charge in [0, 0.05) is 12.2 Å². The molecule has 2 aromatic rings. The molecule has 0 fully saturated rings. The molecule has 1 aromatic heterocycles. The molecule has 1 heterocycles. The van der Waals surface area contributed by atoms with Crippen LogP contribution >= 0.6 is 0 Å². The van der Waals surface area contributed by atoms with Gasteiger partial charge in [-0.2, -0.15) is 13.2 Å². The molecule has 0 spiro atoms. The van der Waals surface area contributed by atoms with Crippen molar-refractivity contribution < 1.29 is 17.9 Å². The van der Waals surface area contributed by atoms with Gasteiger partial charge in [0.15, 0.2) is 0 Å².